The minimum absolute atomic E-state index is 0.175. The summed E-state index contributed by atoms with van der Waals surface area (Å²) in [5.74, 6) is 0.924. The largest absolute Gasteiger partial charge is 0.497 e. The van der Waals surface area contributed by atoms with E-state index in [1.807, 2.05) is 31.2 Å². The van der Waals surface area contributed by atoms with Crippen molar-refractivity contribution in [3.05, 3.63) is 59.9 Å². The molecular formula is C21H18N2O4. The van der Waals surface area contributed by atoms with Crippen LogP contribution in [0.25, 0.3) is 22.0 Å². The molecule has 0 fully saturated rings. The lowest BCUT2D eigenvalue weighted by Crippen LogP contribution is -2.11. The van der Waals surface area contributed by atoms with Crippen molar-refractivity contribution in [3.8, 4) is 11.5 Å². The molecule has 0 aliphatic carbocycles. The fourth-order valence-corrected chi connectivity index (χ4v) is 2.94. The molecule has 27 heavy (non-hydrogen) atoms. The van der Waals surface area contributed by atoms with Crippen molar-refractivity contribution in [2.24, 2.45) is 0 Å². The number of pyridine rings is 1. The maximum absolute atomic E-state index is 12.7. The number of carbonyl (C=O) groups excluding carboxylic acids is 1. The Balaban J connectivity index is 1.69. The fraction of sp³-hybridized carbons (Fsp3) is 0.143. The molecular weight excluding hydrogens is 344 g/mol. The van der Waals surface area contributed by atoms with Gasteiger partial charge < -0.3 is 19.2 Å². The maximum atomic E-state index is 12.7. The molecule has 1 N–H and O–H groups in total. The quantitative estimate of drug-likeness (QED) is 0.576. The number of furan rings is 1. The summed E-state index contributed by atoms with van der Waals surface area (Å²) in [5, 5.41) is 4.57. The summed E-state index contributed by atoms with van der Waals surface area (Å²) in [6.07, 6.45) is 0. The first-order chi connectivity index (χ1) is 13.1. The number of nitrogens with one attached hydrogen (secondary N) is 1. The van der Waals surface area contributed by atoms with E-state index in [9.17, 15) is 4.79 Å². The molecule has 4 aromatic rings. The highest BCUT2D eigenvalue weighted by Gasteiger charge is 2.16. The van der Waals surface area contributed by atoms with Gasteiger partial charge >= 0.3 is 0 Å². The highest BCUT2D eigenvalue weighted by atomic mass is 16.5. The second-order valence-electron chi connectivity index (χ2n) is 6.21. The minimum atomic E-state index is -0.389. The number of fused-ring (bicyclic) bond motifs is 2. The van der Waals surface area contributed by atoms with Gasteiger partial charge in [-0.1, -0.05) is 12.1 Å². The van der Waals surface area contributed by atoms with Gasteiger partial charge in [-0.05, 0) is 42.8 Å². The van der Waals surface area contributed by atoms with Crippen molar-refractivity contribution in [3.63, 3.8) is 0 Å². The first-order valence-electron chi connectivity index (χ1n) is 8.42. The average Bonchev–Trinajstić information content (AvgIpc) is 3.09. The number of anilines is 1. The van der Waals surface area contributed by atoms with Gasteiger partial charge in [0.15, 0.2) is 5.76 Å². The molecule has 6 heteroatoms. The third-order valence-electron chi connectivity index (χ3n) is 4.34. The zero-order valence-corrected chi connectivity index (χ0v) is 15.2. The Bertz CT molecular complexity index is 1160. The van der Waals surface area contributed by atoms with Crippen molar-refractivity contribution in [1.29, 1.82) is 0 Å². The lowest BCUT2D eigenvalue weighted by molar-refractivity contribution is 0.0998. The van der Waals surface area contributed by atoms with E-state index in [1.54, 1.807) is 31.4 Å². The van der Waals surface area contributed by atoms with Gasteiger partial charge in [0.1, 0.15) is 11.5 Å². The minimum Gasteiger partial charge on any atom is -0.497 e. The van der Waals surface area contributed by atoms with Gasteiger partial charge in [0.05, 0.1) is 25.4 Å². The van der Waals surface area contributed by atoms with Crippen molar-refractivity contribution >= 4 is 33.6 Å². The summed E-state index contributed by atoms with van der Waals surface area (Å²) in [5.41, 5.74) is 2.87. The number of carbonyl (C=O) groups is 1. The van der Waals surface area contributed by atoms with Gasteiger partial charge in [-0.3, -0.25) is 4.79 Å². The molecule has 1 amide bonds. The zero-order valence-electron chi connectivity index (χ0n) is 15.2. The molecule has 2 aromatic carbocycles. The number of amides is 1. The van der Waals surface area contributed by atoms with E-state index in [-0.39, 0.29) is 11.7 Å². The maximum Gasteiger partial charge on any atom is 0.291 e. The number of hydrogen-bond acceptors (Lipinski definition) is 5. The van der Waals surface area contributed by atoms with Crippen LogP contribution in [0.2, 0.25) is 0 Å². The van der Waals surface area contributed by atoms with E-state index >= 15 is 0 Å². The van der Waals surface area contributed by atoms with E-state index in [0.29, 0.717) is 22.9 Å². The monoisotopic (exact) mass is 362 g/mol. The van der Waals surface area contributed by atoms with E-state index in [4.69, 9.17) is 13.9 Å². The number of benzene rings is 2. The number of rotatable bonds is 4. The number of hydrogen-bond donors (Lipinski definition) is 1. The van der Waals surface area contributed by atoms with Crippen molar-refractivity contribution in [2.45, 2.75) is 6.92 Å². The fourth-order valence-electron chi connectivity index (χ4n) is 2.94. The predicted octanol–water partition coefficient (Wildman–Crippen LogP) is 4.56. The van der Waals surface area contributed by atoms with Crippen molar-refractivity contribution in [2.75, 3.05) is 19.5 Å². The SMILES string of the molecule is COc1ccc(OC)c(NC(=O)c2cc3cc4ccc(C)cc4nc3o2)c1. The van der Waals surface area contributed by atoms with Crippen molar-refractivity contribution in [1.82, 2.24) is 4.98 Å². The Kier molecular flexibility index (Phi) is 4.16. The number of aryl methyl sites for hydroxylation is 1. The van der Waals surface area contributed by atoms with E-state index in [0.717, 1.165) is 21.9 Å². The van der Waals surface area contributed by atoms with Crippen LogP contribution in [0.3, 0.4) is 0 Å². The van der Waals surface area contributed by atoms with Gasteiger partial charge in [-0.15, -0.1) is 0 Å². The number of ether oxygens (including phenoxy) is 2. The predicted molar refractivity (Wildman–Crippen MR) is 104 cm³/mol. The molecule has 2 aromatic heterocycles. The molecule has 0 bridgehead atoms. The van der Waals surface area contributed by atoms with Crippen LogP contribution in [0.1, 0.15) is 16.1 Å². The summed E-state index contributed by atoms with van der Waals surface area (Å²) in [6.45, 7) is 2.01. The lowest BCUT2D eigenvalue weighted by Gasteiger charge is -2.10. The van der Waals surface area contributed by atoms with Gasteiger partial charge in [-0.2, -0.15) is 0 Å². The number of aromatic nitrogens is 1. The number of methoxy groups -OCH3 is 2. The van der Waals surface area contributed by atoms with Crippen LogP contribution in [0.5, 0.6) is 11.5 Å². The highest BCUT2D eigenvalue weighted by molar-refractivity contribution is 6.06. The Morgan fingerprint density at radius 2 is 1.85 bits per heavy atom. The average molecular weight is 362 g/mol. The molecule has 6 nitrogen and oxygen atoms in total. The molecule has 0 aliphatic rings. The molecule has 4 rings (SSSR count). The van der Waals surface area contributed by atoms with Crippen LogP contribution in [-0.4, -0.2) is 25.1 Å². The molecule has 0 saturated carbocycles. The summed E-state index contributed by atoms with van der Waals surface area (Å²) in [4.78, 5) is 17.2. The summed E-state index contributed by atoms with van der Waals surface area (Å²) in [6, 6.07) is 14.8. The van der Waals surface area contributed by atoms with Crippen LogP contribution in [-0.2, 0) is 0 Å². The molecule has 0 aliphatic heterocycles. The van der Waals surface area contributed by atoms with Crippen LogP contribution in [0.15, 0.2) is 52.9 Å². The van der Waals surface area contributed by atoms with E-state index in [2.05, 4.69) is 10.3 Å². The molecule has 0 unspecified atom stereocenters. The second kappa shape index (κ2) is 6.64. The molecule has 136 valence electrons. The summed E-state index contributed by atoms with van der Waals surface area (Å²) in [7, 11) is 3.10. The van der Waals surface area contributed by atoms with Gasteiger partial charge in [0.25, 0.3) is 5.91 Å². The Labute approximate surface area is 155 Å². The summed E-state index contributed by atoms with van der Waals surface area (Å²) < 4.78 is 16.2. The van der Waals surface area contributed by atoms with Gasteiger partial charge in [0, 0.05) is 16.8 Å². The molecule has 0 spiro atoms. The third-order valence-corrected chi connectivity index (χ3v) is 4.34. The third kappa shape index (κ3) is 3.17. The number of nitrogens with zero attached hydrogens (tertiary/aromatic N) is 1. The van der Waals surface area contributed by atoms with E-state index < -0.39 is 0 Å². The Morgan fingerprint density at radius 1 is 1.00 bits per heavy atom. The first kappa shape index (κ1) is 16.9. The lowest BCUT2D eigenvalue weighted by atomic mass is 10.1. The van der Waals surface area contributed by atoms with Crippen LogP contribution in [0, 0.1) is 6.92 Å². The molecule has 0 saturated heterocycles. The van der Waals surface area contributed by atoms with Gasteiger partial charge in [0.2, 0.25) is 5.71 Å². The molecule has 0 atom stereocenters. The Morgan fingerprint density at radius 3 is 2.63 bits per heavy atom. The Hall–Kier alpha value is -3.54. The first-order valence-corrected chi connectivity index (χ1v) is 8.42. The van der Waals surface area contributed by atoms with Gasteiger partial charge in [-0.25, -0.2) is 4.98 Å². The van der Waals surface area contributed by atoms with Crippen LogP contribution in [0.4, 0.5) is 5.69 Å². The topological polar surface area (TPSA) is 73.6 Å². The zero-order chi connectivity index (χ0) is 19.0. The normalized spacial score (nSPS) is 10.9. The smallest absolute Gasteiger partial charge is 0.291 e. The molecule has 0 radical (unpaired) electrons. The molecule has 2 heterocycles. The summed E-state index contributed by atoms with van der Waals surface area (Å²) >= 11 is 0. The highest BCUT2D eigenvalue weighted by Crippen LogP contribution is 2.30. The van der Waals surface area contributed by atoms with Crippen LogP contribution >= 0.6 is 0 Å². The standard InChI is InChI=1S/C21H18N2O4/c1-12-4-5-13-9-14-10-19(27-21(14)23-16(13)8-12)20(24)22-17-11-15(25-2)6-7-18(17)26-3/h4-11H,1-3H3,(H,22,24). The van der Waals surface area contributed by atoms with E-state index in [1.165, 1.54) is 7.11 Å². The second-order valence-corrected chi connectivity index (χ2v) is 6.21. The van der Waals surface area contributed by atoms with Crippen LogP contribution < -0.4 is 14.8 Å². The van der Waals surface area contributed by atoms with Crippen molar-refractivity contribution < 1.29 is 18.7 Å².